The van der Waals surface area contributed by atoms with E-state index in [1.165, 1.54) is 44.8 Å². The van der Waals surface area contributed by atoms with Gasteiger partial charge in [-0.1, -0.05) is 23.9 Å². The molecule has 6 nitrogen and oxygen atoms in total. The van der Waals surface area contributed by atoms with Crippen molar-refractivity contribution in [2.24, 2.45) is 0 Å². The predicted molar refractivity (Wildman–Crippen MR) is 136 cm³/mol. The minimum atomic E-state index is -0.715. The van der Waals surface area contributed by atoms with E-state index in [1.54, 1.807) is 32.1 Å². The molecular weight excluding hydrogens is 456 g/mol. The molecule has 0 spiro atoms. The molecule has 1 amide bonds. The fraction of sp³-hybridized carbons (Fsp3) is 0.280. The monoisotopic (exact) mass is 484 g/mol. The number of fused-ring (bicyclic) bond motifs is 1. The Morgan fingerprint density at radius 3 is 2.39 bits per heavy atom. The first kappa shape index (κ1) is 24.7. The first-order chi connectivity index (χ1) is 15.6. The number of carbonyl (C=O) groups excluding carboxylic acids is 2. The van der Waals surface area contributed by atoms with Crippen LogP contribution in [0.15, 0.2) is 58.5 Å². The van der Waals surface area contributed by atoms with Gasteiger partial charge in [0.1, 0.15) is 11.3 Å². The fourth-order valence-electron chi connectivity index (χ4n) is 3.01. The van der Waals surface area contributed by atoms with Gasteiger partial charge in [0.25, 0.3) is 0 Å². The van der Waals surface area contributed by atoms with Crippen LogP contribution in [-0.4, -0.2) is 24.8 Å². The molecule has 1 heterocycles. The van der Waals surface area contributed by atoms with E-state index >= 15 is 0 Å². The van der Waals surface area contributed by atoms with E-state index in [9.17, 15) is 9.59 Å². The molecule has 0 saturated carbocycles. The maximum absolute atomic E-state index is 12.0. The number of anilines is 2. The highest BCUT2D eigenvalue weighted by Crippen LogP contribution is 2.36. The number of esters is 1. The third-order valence-corrected chi connectivity index (χ3v) is 6.84. The zero-order valence-electron chi connectivity index (χ0n) is 19.6. The van der Waals surface area contributed by atoms with E-state index in [4.69, 9.17) is 9.47 Å². The van der Waals surface area contributed by atoms with Crippen molar-refractivity contribution in [3.05, 3.63) is 64.0 Å². The predicted octanol–water partition coefficient (Wildman–Crippen LogP) is 6.89. The zero-order chi connectivity index (χ0) is 24.2. The van der Waals surface area contributed by atoms with Crippen molar-refractivity contribution in [3.8, 4) is 0 Å². The molecule has 2 aromatic carbocycles. The number of methoxy groups -OCH3 is 1. The summed E-state index contributed by atoms with van der Waals surface area (Å²) in [7, 11) is 1.26. The van der Waals surface area contributed by atoms with Crippen LogP contribution < -0.4 is 10.6 Å². The van der Waals surface area contributed by atoms with Crippen molar-refractivity contribution >= 4 is 56.6 Å². The summed E-state index contributed by atoms with van der Waals surface area (Å²) in [6, 6.07) is 14.1. The van der Waals surface area contributed by atoms with Gasteiger partial charge in [0.15, 0.2) is 0 Å². The summed E-state index contributed by atoms with van der Waals surface area (Å²) in [4.78, 5) is 26.3. The molecular formula is C25H28N2O4S2. The van der Waals surface area contributed by atoms with Gasteiger partial charge in [-0.2, -0.15) is 0 Å². The van der Waals surface area contributed by atoms with Gasteiger partial charge >= 0.3 is 12.1 Å². The molecule has 3 aromatic rings. The molecule has 0 aliphatic carbocycles. The lowest BCUT2D eigenvalue weighted by molar-refractivity contribution is -0.136. The molecule has 0 aliphatic heterocycles. The lowest BCUT2D eigenvalue weighted by Crippen LogP contribution is -2.34. The van der Waals surface area contributed by atoms with Crippen LogP contribution in [0.1, 0.15) is 31.2 Å². The van der Waals surface area contributed by atoms with Crippen molar-refractivity contribution < 1.29 is 19.1 Å². The highest BCUT2D eigenvalue weighted by molar-refractivity contribution is 8.02. The lowest BCUT2D eigenvalue weighted by Gasteiger charge is -2.20. The number of hydrogen-bond donors (Lipinski definition) is 2. The van der Waals surface area contributed by atoms with Gasteiger partial charge in [0.05, 0.1) is 17.5 Å². The first-order valence-corrected chi connectivity index (χ1v) is 12.1. The topological polar surface area (TPSA) is 76.7 Å². The Kier molecular flexibility index (Phi) is 7.71. The standard InChI is InChI=1S/C25H28N2O4S2/c1-15-16(2)33-22-19(15)8-7-9-20(22)26-17-10-12-18(13-11-17)32-14-21(23(28)30-6)27-24(29)31-25(3,4)5/h7-14,26H,1-6H3,(H,27,29)/b21-14-. The number of thioether (sulfide) groups is 1. The fourth-order valence-corrected chi connectivity index (χ4v) is 4.84. The van der Waals surface area contributed by atoms with Gasteiger partial charge in [-0.15, -0.1) is 11.3 Å². The number of thiophene rings is 1. The number of amides is 1. The number of rotatable bonds is 6. The molecule has 174 valence electrons. The van der Waals surface area contributed by atoms with Gasteiger partial charge in [-0.25, -0.2) is 9.59 Å². The van der Waals surface area contributed by atoms with Crippen molar-refractivity contribution in [3.63, 3.8) is 0 Å². The van der Waals surface area contributed by atoms with Gasteiger partial charge in [-0.05, 0) is 75.9 Å². The van der Waals surface area contributed by atoms with Crippen molar-refractivity contribution in [1.82, 2.24) is 5.32 Å². The molecule has 2 N–H and O–H groups in total. The van der Waals surface area contributed by atoms with E-state index in [1.807, 2.05) is 24.3 Å². The van der Waals surface area contributed by atoms with E-state index < -0.39 is 17.7 Å². The number of ether oxygens (including phenoxy) is 2. The minimum absolute atomic E-state index is 0.00839. The number of hydrogen-bond acceptors (Lipinski definition) is 7. The van der Waals surface area contributed by atoms with Crippen LogP contribution in [0.2, 0.25) is 0 Å². The van der Waals surface area contributed by atoms with Crippen LogP contribution in [0.3, 0.4) is 0 Å². The molecule has 0 aliphatic rings. The molecule has 33 heavy (non-hydrogen) atoms. The summed E-state index contributed by atoms with van der Waals surface area (Å²) in [5.41, 5.74) is 2.68. The van der Waals surface area contributed by atoms with Gasteiger partial charge in [0, 0.05) is 20.9 Å². The second-order valence-electron chi connectivity index (χ2n) is 8.38. The average Bonchev–Trinajstić information content (AvgIpc) is 3.05. The molecule has 1 aromatic heterocycles. The Balaban J connectivity index is 1.71. The average molecular weight is 485 g/mol. The van der Waals surface area contributed by atoms with E-state index in [2.05, 4.69) is 42.7 Å². The summed E-state index contributed by atoms with van der Waals surface area (Å²) in [6.45, 7) is 9.54. The lowest BCUT2D eigenvalue weighted by atomic mass is 10.1. The third-order valence-electron chi connectivity index (χ3n) is 4.69. The van der Waals surface area contributed by atoms with Gasteiger partial charge in [-0.3, -0.25) is 5.32 Å². The molecule has 0 saturated heterocycles. The highest BCUT2D eigenvalue weighted by Gasteiger charge is 2.20. The molecule has 8 heteroatoms. The summed E-state index contributed by atoms with van der Waals surface area (Å²) in [5.74, 6) is -0.652. The molecule has 0 atom stereocenters. The maximum Gasteiger partial charge on any atom is 0.412 e. The summed E-state index contributed by atoms with van der Waals surface area (Å²) < 4.78 is 11.2. The number of carbonyl (C=O) groups is 2. The minimum Gasteiger partial charge on any atom is -0.464 e. The number of alkyl carbamates (subject to hydrolysis) is 1. The van der Waals surface area contributed by atoms with E-state index in [0.717, 1.165) is 16.3 Å². The van der Waals surface area contributed by atoms with Crippen LogP contribution in [0, 0.1) is 13.8 Å². The smallest absolute Gasteiger partial charge is 0.412 e. The van der Waals surface area contributed by atoms with Crippen molar-refractivity contribution in [2.45, 2.75) is 45.1 Å². The van der Waals surface area contributed by atoms with Gasteiger partial charge in [0.2, 0.25) is 0 Å². The third kappa shape index (κ3) is 6.52. The Hall–Kier alpha value is -2.97. The molecule has 0 unspecified atom stereocenters. The highest BCUT2D eigenvalue weighted by atomic mass is 32.2. The zero-order valence-corrected chi connectivity index (χ0v) is 21.2. The molecule has 3 rings (SSSR count). The molecule has 0 radical (unpaired) electrons. The second-order valence-corrected chi connectivity index (χ2v) is 10.6. The summed E-state index contributed by atoms with van der Waals surface area (Å²) in [5, 5.41) is 8.76. The quantitative estimate of drug-likeness (QED) is 0.225. The Morgan fingerprint density at radius 2 is 1.76 bits per heavy atom. The Bertz CT molecular complexity index is 1190. The van der Waals surface area contributed by atoms with Crippen LogP contribution in [0.4, 0.5) is 16.2 Å². The van der Waals surface area contributed by atoms with Crippen LogP contribution in [0.5, 0.6) is 0 Å². The summed E-state index contributed by atoms with van der Waals surface area (Å²) in [6.07, 6.45) is -0.715. The molecule has 0 bridgehead atoms. The summed E-state index contributed by atoms with van der Waals surface area (Å²) >= 11 is 3.09. The van der Waals surface area contributed by atoms with Crippen molar-refractivity contribution in [1.29, 1.82) is 0 Å². The number of aryl methyl sites for hydroxylation is 2. The Morgan fingerprint density at radius 1 is 1.06 bits per heavy atom. The number of nitrogens with one attached hydrogen (secondary N) is 2. The van der Waals surface area contributed by atoms with Gasteiger partial charge < -0.3 is 14.8 Å². The maximum atomic E-state index is 12.0. The first-order valence-electron chi connectivity index (χ1n) is 10.4. The molecule has 0 fully saturated rings. The normalized spacial score (nSPS) is 11.9. The van der Waals surface area contributed by atoms with Crippen molar-refractivity contribution in [2.75, 3.05) is 12.4 Å². The SMILES string of the molecule is COC(=O)/C(=C/Sc1ccc(Nc2cccc3c(C)c(C)sc23)cc1)NC(=O)OC(C)(C)C. The largest absolute Gasteiger partial charge is 0.464 e. The van der Waals surface area contributed by atoms with Crippen LogP contribution in [0.25, 0.3) is 10.1 Å². The van der Waals surface area contributed by atoms with E-state index in [-0.39, 0.29) is 5.70 Å². The number of benzene rings is 2. The van der Waals surface area contributed by atoms with E-state index in [0.29, 0.717) is 0 Å². The Labute approximate surface area is 202 Å². The second kappa shape index (κ2) is 10.3. The van der Waals surface area contributed by atoms with Crippen LogP contribution >= 0.6 is 23.1 Å². The van der Waals surface area contributed by atoms with Crippen LogP contribution in [-0.2, 0) is 14.3 Å².